The van der Waals surface area contributed by atoms with Crippen molar-refractivity contribution in [3.63, 3.8) is 0 Å². The van der Waals surface area contributed by atoms with Gasteiger partial charge in [-0.05, 0) is 18.4 Å². The average Bonchev–Trinajstić information content (AvgIpc) is 3.19. The fraction of sp³-hybridized carbons (Fsp3) is 0.611. The summed E-state index contributed by atoms with van der Waals surface area (Å²) in [6.07, 6.45) is 1.42. The highest BCUT2D eigenvalue weighted by Crippen LogP contribution is 2.60. The Kier molecular flexibility index (Phi) is 3.87. The van der Waals surface area contributed by atoms with Crippen LogP contribution in [-0.2, 0) is 30.3 Å². The van der Waals surface area contributed by atoms with Crippen molar-refractivity contribution in [3.05, 3.63) is 35.9 Å². The van der Waals surface area contributed by atoms with Crippen LogP contribution in [0.5, 0.6) is 0 Å². The Morgan fingerprint density at radius 1 is 1.26 bits per heavy atom. The average molecular weight is 318 g/mol. The smallest absolute Gasteiger partial charge is 0.309 e. The van der Waals surface area contributed by atoms with Crippen LogP contribution in [0.4, 0.5) is 0 Å². The summed E-state index contributed by atoms with van der Waals surface area (Å²) in [5, 5.41) is 0. The summed E-state index contributed by atoms with van der Waals surface area (Å²) in [4.78, 5) is 12.0. The van der Waals surface area contributed by atoms with Gasteiger partial charge in [0.05, 0.1) is 30.7 Å². The van der Waals surface area contributed by atoms with Crippen LogP contribution in [0.2, 0.25) is 0 Å². The second-order valence-corrected chi connectivity index (χ2v) is 6.70. The number of ether oxygens (including phenoxy) is 4. The van der Waals surface area contributed by atoms with E-state index in [0.29, 0.717) is 19.8 Å². The first-order valence-corrected chi connectivity index (χ1v) is 8.22. The first-order valence-electron chi connectivity index (χ1n) is 8.22. The molecule has 0 aromatic heterocycles. The summed E-state index contributed by atoms with van der Waals surface area (Å²) >= 11 is 0. The number of methoxy groups -OCH3 is 1. The molecular formula is C18H22O5. The molecule has 0 amide bonds. The Morgan fingerprint density at radius 3 is 2.87 bits per heavy atom. The molecule has 2 aliphatic heterocycles. The van der Waals surface area contributed by atoms with Crippen molar-refractivity contribution < 1.29 is 23.7 Å². The van der Waals surface area contributed by atoms with Crippen LogP contribution in [-0.4, -0.2) is 38.7 Å². The van der Waals surface area contributed by atoms with Crippen molar-refractivity contribution in [2.75, 3.05) is 20.3 Å². The maximum absolute atomic E-state index is 12.0. The van der Waals surface area contributed by atoms with Crippen LogP contribution in [0.1, 0.15) is 18.4 Å². The highest BCUT2D eigenvalue weighted by molar-refractivity contribution is 5.76. The van der Waals surface area contributed by atoms with Crippen molar-refractivity contribution in [2.24, 2.45) is 17.3 Å². The Labute approximate surface area is 135 Å². The van der Waals surface area contributed by atoms with Crippen LogP contribution < -0.4 is 0 Å². The van der Waals surface area contributed by atoms with Crippen molar-refractivity contribution in [1.29, 1.82) is 0 Å². The fourth-order valence-corrected chi connectivity index (χ4v) is 4.60. The number of benzene rings is 1. The summed E-state index contributed by atoms with van der Waals surface area (Å²) in [6.45, 7) is 1.49. The van der Waals surface area contributed by atoms with E-state index in [9.17, 15) is 4.79 Å². The molecule has 5 heteroatoms. The van der Waals surface area contributed by atoms with Gasteiger partial charge in [0.25, 0.3) is 0 Å². The van der Waals surface area contributed by atoms with Gasteiger partial charge in [-0.2, -0.15) is 0 Å². The monoisotopic (exact) mass is 318 g/mol. The summed E-state index contributed by atoms with van der Waals surface area (Å²) in [7, 11) is 1.64. The molecule has 1 spiro atoms. The van der Waals surface area contributed by atoms with Gasteiger partial charge in [-0.1, -0.05) is 30.3 Å². The fourth-order valence-electron chi connectivity index (χ4n) is 4.60. The molecule has 0 N–H and O–H groups in total. The Balaban J connectivity index is 1.44. The van der Waals surface area contributed by atoms with Crippen molar-refractivity contribution in [3.8, 4) is 0 Å². The zero-order chi connectivity index (χ0) is 15.9. The number of rotatable bonds is 5. The van der Waals surface area contributed by atoms with Crippen LogP contribution in [0.3, 0.4) is 0 Å². The summed E-state index contributed by atoms with van der Waals surface area (Å²) < 4.78 is 22.9. The van der Waals surface area contributed by atoms with Crippen LogP contribution in [0.25, 0.3) is 0 Å². The molecule has 1 aliphatic carbocycles. The van der Waals surface area contributed by atoms with E-state index in [-0.39, 0.29) is 35.6 Å². The standard InChI is InChI=1S/C18H22O5/c1-20-17-18-11-22-16(19)14(18)8-7-13(18)15(23-17)10-21-9-12-5-3-2-4-6-12/h2-6,13-15,17H,7-11H2,1H3/t13-,14-,15-,17?,18+/m0/s1. The number of hydrogen-bond donors (Lipinski definition) is 0. The molecule has 1 aromatic carbocycles. The third kappa shape index (κ3) is 2.30. The minimum atomic E-state index is -0.378. The Hall–Kier alpha value is -1.43. The molecule has 0 radical (unpaired) electrons. The maximum Gasteiger partial charge on any atom is 0.309 e. The molecule has 3 fully saturated rings. The van der Waals surface area contributed by atoms with E-state index in [1.807, 2.05) is 30.3 Å². The number of cyclic esters (lactones) is 1. The maximum atomic E-state index is 12.0. The van der Waals surface area contributed by atoms with E-state index in [1.54, 1.807) is 7.11 Å². The van der Waals surface area contributed by atoms with Crippen molar-refractivity contribution in [1.82, 2.24) is 0 Å². The van der Waals surface area contributed by atoms with Gasteiger partial charge in [-0.15, -0.1) is 0 Å². The molecule has 3 aliphatic rings. The lowest BCUT2D eigenvalue weighted by Crippen LogP contribution is -2.40. The highest BCUT2D eigenvalue weighted by Gasteiger charge is 2.69. The second kappa shape index (κ2) is 5.89. The van der Waals surface area contributed by atoms with Crippen molar-refractivity contribution >= 4 is 5.97 Å². The molecule has 1 saturated carbocycles. The molecule has 23 heavy (non-hydrogen) atoms. The Morgan fingerprint density at radius 2 is 2.09 bits per heavy atom. The zero-order valence-electron chi connectivity index (χ0n) is 13.3. The van der Waals surface area contributed by atoms with E-state index < -0.39 is 0 Å². The molecule has 2 saturated heterocycles. The summed E-state index contributed by atoms with van der Waals surface area (Å²) in [6, 6.07) is 10.1. The zero-order valence-corrected chi connectivity index (χ0v) is 13.3. The second-order valence-electron chi connectivity index (χ2n) is 6.70. The molecule has 1 aromatic rings. The lowest BCUT2D eigenvalue weighted by atomic mass is 9.73. The van der Waals surface area contributed by atoms with Gasteiger partial charge >= 0.3 is 5.97 Å². The van der Waals surface area contributed by atoms with E-state index in [0.717, 1.165) is 18.4 Å². The third-order valence-electron chi connectivity index (χ3n) is 5.65. The normalized spacial score (nSPS) is 38.4. The lowest BCUT2D eigenvalue weighted by molar-refractivity contribution is -0.171. The SMILES string of the molecule is COC1O[C@@H](COCc2ccccc2)[C@@H]2CC[C@H]3C(=O)OC[C@]132. The van der Waals surface area contributed by atoms with Crippen LogP contribution >= 0.6 is 0 Å². The summed E-state index contributed by atoms with van der Waals surface area (Å²) in [5.74, 6) is 0.0836. The van der Waals surface area contributed by atoms with E-state index in [4.69, 9.17) is 18.9 Å². The highest BCUT2D eigenvalue weighted by atomic mass is 16.7. The minimum Gasteiger partial charge on any atom is -0.465 e. The molecule has 5 nitrogen and oxygen atoms in total. The van der Waals surface area contributed by atoms with Gasteiger partial charge in [0.2, 0.25) is 0 Å². The first-order chi connectivity index (χ1) is 11.3. The molecule has 124 valence electrons. The molecular weight excluding hydrogens is 296 g/mol. The molecule has 2 heterocycles. The molecule has 4 rings (SSSR count). The summed E-state index contributed by atoms with van der Waals surface area (Å²) in [5.41, 5.74) is 0.833. The van der Waals surface area contributed by atoms with Crippen LogP contribution in [0.15, 0.2) is 30.3 Å². The van der Waals surface area contributed by atoms with E-state index >= 15 is 0 Å². The number of esters is 1. The third-order valence-corrected chi connectivity index (χ3v) is 5.65. The van der Waals surface area contributed by atoms with Crippen LogP contribution in [0, 0.1) is 17.3 Å². The number of carbonyl (C=O) groups excluding carboxylic acids is 1. The topological polar surface area (TPSA) is 54.0 Å². The Bertz CT molecular complexity index is 574. The molecule has 5 atom stereocenters. The van der Waals surface area contributed by atoms with Gasteiger partial charge in [-0.3, -0.25) is 4.79 Å². The van der Waals surface area contributed by atoms with Gasteiger partial charge in [-0.25, -0.2) is 0 Å². The number of hydrogen-bond acceptors (Lipinski definition) is 5. The number of carbonyl (C=O) groups is 1. The van der Waals surface area contributed by atoms with E-state index in [2.05, 4.69) is 0 Å². The minimum absolute atomic E-state index is 0.0387. The predicted octanol–water partition coefficient (Wildman–Crippen LogP) is 2.14. The van der Waals surface area contributed by atoms with Gasteiger partial charge in [0.1, 0.15) is 6.61 Å². The predicted molar refractivity (Wildman–Crippen MR) is 81.4 cm³/mol. The van der Waals surface area contributed by atoms with E-state index in [1.165, 1.54) is 0 Å². The largest absolute Gasteiger partial charge is 0.465 e. The van der Waals surface area contributed by atoms with Gasteiger partial charge < -0.3 is 18.9 Å². The van der Waals surface area contributed by atoms with Gasteiger partial charge in [0, 0.05) is 13.0 Å². The van der Waals surface area contributed by atoms with Gasteiger partial charge in [0.15, 0.2) is 6.29 Å². The molecule has 0 bridgehead atoms. The first kappa shape index (κ1) is 15.1. The van der Waals surface area contributed by atoms with Crippen molar-refractivity contribution in [2.45, 2.75) is 31.8 Å². The quantitative estimate of drug-likeness (QED) is 0.779. The lowest BCUT2D eigenvalue weighted by Gasteiger charge is -2.29. The molecule has 1 unspecified atom stereocenters.